The number of aromatic amines is 2. The van der Waals surface area contributed by atoms with Crippen LogP contribution in [-0.4, -0.2) is 21.1 Å². The molecule has 3 aromatic rings. The molecule has 0 bridgehead atoms. The van der Waals surface area contributed by atoms with E-state index >= 15 is 0 Å². The number of benzene rings is 1. The monoisotopic (exact) mass is 244 g/mol. The van der Waals surface area contributed by atoms with E-state index in [1.807, 2.05) is 0 Å². The molecule has 2 heterocycles. The third kappa shape index (κ3) is 1.73. The van der Waals surface area contributed by atoms with E-state index in [-0.39, 0.29) is 11.7 Å². The van der Waals surface area contributed by atoms with Gasteiger partial charge in [-0.25, -0.2) is 4.39 Å². The highest BCUT2D eigenvalue weighted by Crippen LogP contribution is 2.21. The summed E-state index contributed by atoms with van der Waals surface area (Å²) < 4.78 is 13.1. The average Bonchev–Trinajstić information content (AvgIpc) is 2.99. The first kappa shape index (κ1) is 10.5. The molecule has 2 aromatic heterocycles. The van der Waals surface area contributed by atoms with Crippen molar-refractivity contribution in [2.75, 3.05) is 5.32 Å². The van der Waals surface area contributed by atoms with Gasteiger partial charge in [0.2, 0.25) is 0 Å². The summed E-state index contributed by atoms with van der Waals surface area (Å²) in [6.45, 7) is 0. The first-order chi connectivity index (χ1) is 8.74. The van der Waals surface area contributed by atoms with E-state index in [0.717, 1.165) is 0 Å². The fourth-order valence-corrected chi connectivity index (χ4v) is 1.73. The van der Waals surface area contributed by atoms with Crippen LogP contribution in [0.4, 0.5) is 10.2 Å². The lowest BCUT2D eigenvalue weighted by atomic mass is 10.2. The van der Waals surface area contributed by atoms with Crippen LogP contribution in [0.25, 0.3) is 10.9 Å². The Morgan fingerprint density at radius 2 is 2.22 bits per heavy atom. The molecule has 0 spiro atoms. The van der Waals surface area contributed by atoms with Crippen molar-refractivity contribution >= 4 is 22.6 Å². The largest absolute Gasteiger partial charge is 0.357 e. The van der Waals surface area contributed by atoms with Crippen molar-refractivity contribution in [2.45, 2.75) is 0 Å². The molecular formula is C12H9FN4O. The van der Waals surface area contributed by atoms with Crippen molar-refractivity contribution in [2.24, 2.45) is 0 Å². The standard InChI is InChI=1S/C12H9FN4O/c13-7-3-4-9-8(6-7)11(17-16-9)15-12(18)10-2-1-5-14-10/h1-6,14H,(H2,15,16,17,18). The molecule has 5 nitrogen and oxygen atoms in total. The van der Waals surface area contributed by atoms with Crippen LogP contribution in [0, 0.1) is 5.82 Å². The average molecular weight is 244 g/mol. The SMILES string of the molecule is O=C(Nc1n[nH]c2ccc(F)cc12)c1ccc[nH]1. The number of fused-ring (bicyclic) bond motifs is 1. The summed E-state index contributed by atoms with van der Waals surface area (Å²) in [7, 11) is 0. The quantitative estimate of drug-likeness (QED) is 0.647. The molecule has 3 N–H and O–H groups in total. The van der Waals surface area contributed by atoms with Gasteiger partial charge in [0.15, 0.2) is 5.82 Å². The van der Waals surface area contributed by atoms with Gasteiger partial charge in [-0.1, -0.05) is 0 Å². The van der Waals surface area contributed by atoms with Crippen molar-refractivity contribution in [3.8, 4) is 0 Å². The smallest absolute Gasteiger partial charge is 0.273 e. The minimum atomic E-state index is -0.376. The molecular weight excluding hydrogens is 235 g/mol. The van der Waals surface area contributed by atoms with Crippen molar-refractivity contribution < 1.29 is 9.18 Å². The molecule has 0 saturated carbocycles. The van der Waals surface area contributed by atoms with Crippen LogP contribution in [0.5, 0.6) is 0 Å². The van der Waals surface area contributed by atoms with Gasteiger partial charge in [-0.3, -0.25) is 9.89 Å². The maximum atomic E-state index is 13.1. The lowest BCUT2D eigenvalue weighted by Crippen LogP contribution is -2.12. The van der Waals surface area contributed by atoms with Crippen molar-refractivity contribution in [1.29, 1.82) is 0 Å². The lowest BCUT2D eigenvalue weighted by Gasteiger charge is -2.00. The molecule has 0 unspecified atom stereocenters. The summed E-state index contributed by atoms with van der Waals surface area (Å²) in [4.78, 5) is 14.6. The first-order valence-electron chi connectivity index (χ1n) is 5.32. The van der Waals surface area contributed by atoms with Crippen LogP contribution in [0.3, 0.4) is 0 Å². The molecule has 6 heteroatoms. The highest BCUT2D eigenvalue weighted by atomic mass is 19.1. The third-order valence-corrected chi connectivity index (χ3v) is 2.60. The minimum Gasteiger partial charge on any atom is -0.357 e. The zero-order valence-electron chi connectivity index (χ0n) is 9.20. The van der Waals surface area contributed by atoms with E-state index in [9.17, 15) is 9.18 Å². The topological polar surface area (TPSA) is 73.6 Å². The molecule has 0 aliphatic heterocycles. The zero-order valence-corrected chi connectivity index (χ0v) is 9.20. The Bertz CT molecular complexity index is 702. The van der Waals surface area contributed by atoms with Crippen LogP contribution in [0.1, 0.15) is 10.5 Å². The predicted molar refractivity (Wildman–Crippen MR) is 64.8 cm³/mol. The Morgan fingerprint density at radius 3 is 3.00 bits per heavy atom. The van der Waals surface area contributed by atoms with Crippen molar-refractivity contribution in [3.63, 3.8) is 0 Å². The Labute approximate surface area is 101 Å². The maximum absolute atomic E-state index is 13.1. The van der Waals surface area contributed by atoms with E-state index in [2.05, 4.69) is 20.5 Å². The minimum absolute atomic E-state index is 0.309. The van der Waals surface area contributed by atoms with Gasteiger partial charge >= 0.3 is 0 Å². The second-order valence-corrected chi connectivity index (χ2v) is 3.80. The van der Waals surface area contributed by atoms with Crippen LogP contribution in [-0.2, 0) is 0 Å². The number of H-pyrrole nitrogens is 2. The lowest BCUT2D eigenvalue weighted by molar-refractivity contribution is 0.102. The molecule has 0 radical (unpaired) electrons. The number of nitrogens with zero attached hydrogens (tertiary/aromatic N) is 1. The number of hydrogen-bond acceptors (Lipinski definition) is 2. The Morgan fingerprint density at radius 1 is 1.33 bits per heavy atom. The van der Waals surface area contributed by atoms with E-state index in [0.29, 0.717) is 22.4 Å². The molecule has 18 heavy (non-hydrogen) atoms. The van der Waals surface area contributed by atoms with Gasteiger partial charge in [0.05, 0.1) is 5.52 Å². The molecule has 90 valence electrons. The summed E-state index contributed by atoms with van der Waals surface area (Å²) in [5.41, 5.74) is 1.08. The number of carbonyl (C=O) groups is 1. The summed E-state index contributed by atoms with van der Waals surface area (Å²) in [5.74, 6) is -0.388. The number of hydrogen-bond donors (Lipinski definition) is 3. The summed E-state index contributed by atoms with van der Waals surface area (Å²) in [6, 6.07) is 7.59. The van der Waals surface area contributed by atoms with E-state index in [4.69, 9.17) is 0 Å². The van der Waals surface area contributed by atoms with E-state index < -0.39 is 0 Å². The summed E-state index contributed by atoms with van der Waals surface area (Å²) in [5, 5.41) is 9.83. The number of anilines is 1. The van der Waals surface area contributed by atoms with Gasteiger partial charge in [-0.2, -0.15) is 5.10 Å². The molecule has 1 aromatic carbocycles. The maximum Gasteiger partial charge on any atom is 0.273 e. The fourth-order valence-electron chi connectivity index (χ4n) is 1.73. The van der Waals surface area contributed by atoms with Gasteiger partial charge in [0.25, 0.3) is 5.91 Å². The third-order valence-electron chi connectivity index (χ3n) is 2.60. The second-order valence-electron chi connectivity index (χ2n) is 3.80. The predicted octanol–water partition coefficient (Wildman–Crippen LogP) is 2.28. The van der Waals surface area contributed by atoms with Gasteiger partial charge in [0, 0.05) is 11.6 Å². The highest BCUT2D eigenvalue weighted by molar-refractivity contribution is 6.06. The molecule has 0 aliphatic rings. The Hall–Kier alpha value is -2.63. The molecule has 0 saturated heterocycles. The molecule has 0 atom stereocenters. The van der Waals surface area contributed by atoms with Crippen molar-refractivity contribution in [1.82, 2.24) is 15.2 Å². The van der Waals surface area contributed by atoms with Crippen LogP contribution < -0.4 is 5.32 Å². The Balaban J connectivity index is 1.95. The first-order valence-corrected chi connectivity index (χ1v) is 5.32. The normalized spacial score (nSPS) is 10.7. The summed E-state index contributed by atoms with van der Waals surface area (Å²) in [6.07, 6.45) is 1.65. The van der Waals surface area contributed by atoms with E-state index in [1.165, 1.54) is 12.1 Å². The van der Waals surface area contributed by atoms with Gasteiger partial charge in [-0.05, 0) is 30.3 Å². The van der Waals surface area contributed by atoms with Crippen LogP contribution >= 0.6 is 0 Å². The number of halogens is 1. The zero-order chi connectivity index (χ0) is 12.5. The molecule has 0 fully saturated rings. The van der Waals surface area contributed by atoms with Gasteiger partial charge in [0.1, 0.15) is 11.5 Å². The molecule has 1 amide bonds. The van der Waals surface area contributed by atoms with Gasteiger partial charge < -0.3 is 10.3 Å². The summed E-state index contributed by atoms with van der Waals surface area (Å²) >= 11 is 0. The van der Waals surface area contributed by atoms with Crippen LogP contribution in [0.2, 0.25) is 0 Å². The number of nitrogens with one attached hydrogen (secondary N) is 3. The number of amides is 1. The molecule has 3 rings (SSSR count). The Kier molecular flexibility index (Phi) is 2.33. The number of rotatable bonds is 2. The fraction of sp³-hybridized carbons (Fsp3) is 0. The number of carbonyl (C=O) groups excluding carboxylic acids is 1. The van der Waals surface area contributed by atoms with E-state index in [1.54, 1.807) is 24.4 Å². The van der Waals surface area contributed by atoms with Gasteiger partial charge in [-0.15, -0.1) is 0 Å². The van der Waals surface area contributed by atoms with Crippen LogP contribution in [0.15, 0.2) is 36.5 Å². The highest BCUT2D eigenvalue weighted by Gasteiger charge is 2.11. The van der Waals surface area contributed by atoms with Crippen molar-refractivity contribution in [3.05, 3.63) is 48.0 Å². The molecule has 0 aliphatic carbocycles. The second kappa shape index (κ2) is 3.99. The number of aromatic nitrogens is 3.